The smallest absolute Gasteiger partial charge is 0.342 e. The highest BCUT2D eigenvalue weighted by atomic mass is 32.2. The van der Waals surface area contributed by atoms with Gasteiger partial charge in [0.25, 0.3) is 10.0 Å². The van der Waals surface area contributed by atoms with E-state index >= 15 is 0 Å². The number of esters is 1. The van der Waals surface area contributed by atoms with Crippen LogP contribution in [0.4, 0.5) is 0 Å². The van der Waals surface area contributed by atoms with Gasteiger partial charge in [-0.15, -0.1) is 0 Å². The van der Waals surface area contributed by atoms with Gasteiger partial charge in [-0.25, -0.2) is 13.2 Å². The Kier molecular flexibility index (Phi) is 4.77. The van der Waals surface area contributed by atoms with Gasteiger partial charge in [0.1, 0.15) is 5.56 Å². The standard InChI is InChI=1S/C19H23N3O4S/c1-2-26-19(23)16-11-20-21-18(16)27(24,25)22-10-9-14-7-3-5-13-6-4-8-15(12-22)17(13)14/h3,5,7,11,15H,2,4,6,8-10,12H2,1H3,(H,20,21). The van der Waals surface area contributed by atoms with E-state index in [9.17, 15) is 13.2 Å². The first kappa shape index (κ1) is 18.2. The van der Waals surface area contributed by atoms with E-state index in [-0.39, 0.29) is 23.1 Å². The summed E-state index contributed by atoms with van der Waals surface area (Å²) < 4.78 is 33.0. The van der Waals surface area contributed by atoms with Crippen LogP contribution in [0.5, 0.6) is 0 Å². The van der Waals surface area contributed by atoms with Gasteiger partial charge in [-0.1, -0.05) is 18.2 Å². The zero-order chi connectivity index (χ0) is 19.0. The molecule has 0 amide bonds. The number of benzene rings is 1. The molecule has 0 radical (unpaired) electrons. The van der Waals surface area contributed by atoms with E-state index in [4.69, 9.17) is 4.74 Å². The van der Waals surface area contributed by atoms with Crippen LogP contribution in [0.2, 0.25) is 0 Å². The number of aromatic amines is 1. The number of hydrogen-bond acceptors (Lipinski definition) is 5. The second-order valence-electron chi connectivity index (χ2n) is 7.03. The van der Waals surface area contributed by atoms with Crippen molar-refractivity contribution in [1.29, 1.82) is 0 Å². The molecule has 4 rings (SSSR count). The van der Waals surface area contributed by atoms with Gasteiger partial charge in [0.15, 0.2) is 5.03 Å². The van der Waals surface area contributed by atoms with Crippen LogP contribution in [0, 0.1) is 0 Å². The fraction of sp³-hybridized carbons (Fsp3) is 0.474. The summed E-state index contributed by atoms with van der Waals surface area (Å²) in [5.41, 5.74) is 3.88. The number of hydrogen-bond donors (Lipinski definition) is 1. The predicted octanol–water partition coefficient (Wildman–Crippen LogP) is 2.25. The Morgan fingerprint density at radius 2 is 2.11 bits per heavy atom. The molecule has 144 valence electrons. The van der Waals surface area contributed by atoms with Crippen LogP contribution in [0.25, 0.3) is 0 Å². The number of aromatic nitrogens is 2. The van der Waals surface area contributed by atoms with E-state index in [2.05, 4.69) is 28.4 Å². The van der Waals surface area contributed by atoms with Crippen LogP contribution in [-0.2, 0) is 27.6 Å². The first-order valence-electron chi connectivity index (χ1n) is 9.33. The van der Waals surface area contributed by atoms with E-state index in [1.807, 2.05) is 0 Å². The van der Waals surface area contributed by atoms with E-state index in [1.54, 1.807) is 6.92 Å². The number of sulfonamides is 1. The van der Waals surface area contributed by atoms with E-state index < -0.39 is 16.0 Å². The highest BCUT2D eigenvalue weighted by molar-refractivity contribution is 7.89. The van der Waals surface area contributed by atoms with E-state index in [1.165, 1.54) is 27.2 Å². The summed E-state index contributed by atoms with van der Waals surface area (Å²) in [7, 11) is -3.87. The largest absolute Gasteiger partial charge is 0.462 e. The summed E-state index contributed by atoms with van der Waals surface area (Å²) in [6, 6.07) is 6.32. The third-order valence-corrected chi connectivity index (χ3v) is 7.28. The molecule has 27 heavy (non-hydrogen) atoms. The Balaban J connectivity index is 1.68. The minimum Gasteiger partial charge on any atom is -0.462 e. The fourth-order valence-electron chi connectivity index (χ4n) is 4.25. The lowest BCUT2D eigenvalue weighted by Gasteiger charge is -2.28. The molecule has 0 bridgehead atoms. The lowest BCUT2D eigenvalue weighted by molar-refractivity contribution is 0.0521. The SMILES string of the molecule is CCOC(=O)c1cn[nH]c1S(=O)(=O)N1CCc2cccc3c2C(CCC3)C1. The molecule has 0 saturated heterocycles. The first-order valence-corrected chi connectivity index (χ1v) is 10.8. The van der Waals surface area contributed by atoms with Crippen molar-refractivity contribution in [3.63, 3.8) is 0 Å². The van der Waals surface area contributed by atoms with Gasteiger partial charge in [0.05, 0.1) is 12.8 Å². The number of aryl methyl sites for hydroxylation is 1. The second-order valence-corrected chi connectivity index (χ2v) is 8.90. The number of carbonyl (C=O) groups is 1. The van der Waals surface area contributed by atoms with Crippen molar-refractivity contribution in [2.45, 2.75) is 43.6 Å². The van der Waals surface area contributed by atoms with Crippen molar-refractivity contribution in [2.75, 3.05) is 19.7 Å². The molecule has 8 heteroatoms. The molecule has 2 aliphatic rings. The predicted molar refractivity (Wildman–Crippen MR) is 99.1 cm³/mol. The molecule has 1 atom stereocenters. The summed E-state index contributed by atoms with van der Waals surface area (Å²) in [5, 5.41) is 6.11. The lowest BCUT2D eigenvalue weighted by Crippen LogP contribution is -2.36. The number of carbonyl (C=O) groups excluding carboxylic acids is 1. The molecule has 2 heterocycles. The Hall–Kier alpha value is -2.19. The van der Waals surface area contributed by atoms with Gasteiger partial charge in [-0.2, -0.15) is 9.40 Å². The molecule has 1 unspecified atom stereocenters. The van der Waals surface area contributed by atoms with Crippen molar-refractivity contribution >= 4 is 16.0 Å². The quantitative estimate of drug-likeness (QED) is 0.810. The molecular weight excluding hydrogens is 366 g/mol. The molecule has 0 spiro atoms. The van der Waals surface area contributed by atoms with Crippen molar-refractivity contribution in [3.8, 4) is 0 Å². The van der Waals surface area contributed by atoms with Gasteiger partial charge < -0.3 is 4.74 Å². The van der Waals surface area contributed by atoms with Crippen molar-refractivity contribution < 1.29 is 17.9 Å². The zero-order valence-corrected chi connectivity index (χ0v) is 16.1. The molecule has 1 aromatic carbocycles. The number of nitrogens with one attached hydrogen (secondary N) is 1. The third kappa shape index (κ3) is 3.17. The second kappa shape index (κ2) is 7.09. The Labute approximate surface area is 158 Å². The summed E-state index contributed by atoms with van der Waals surface area (Å²) in [6.45, 7) is 2.66. The van der Waals surface area contributed by atoms with Crippen LogP contribution < -0.4 is 0 Å². The van der Waals surface area contributed by atoms with Gasteiger partial charge >= 0.3 is 5.97 Å². The Bertz CT molecular complexity index is 967. The monoisotopic (exact) mass is 389 g/mol. The Morgan fingerprint density at radius 3 is 2.89 bits per heavy atom. The molecule has 7 nitrogen and oxygen atoms in total. The van der Waals surface area contributed by atoms with Crippen LogP contribution in [0.3, 0.4) is 0 Å². The van der Waals surface area contributed by atoms with Gasteiger partial charge in [0.2, 0.25) is 0 Å². The van der Waals surface area contributed by atoms with E-state index in [0.717, 1.165) is 19.3 Å². The molecule has 0 saturated carbocycles. The Morgan fingerprint density at radius 1 is 1.33 bits per heavy atom. The third-order valence-electron chi connectivity index (χ3n) is 5.45. The van der Waals surface area contributed by atoms with Crippen LogP contribution >= 0.6 is 0 Å². The summed E-state index contributed by atoms with van der Waals surface area (Å²) in [6.07, 6.45) is 4.98. The maximum absolute atomic E-state index is 13.3. The minimum atomic E-state index is -3.87. The molecule has 1 aliphatic carbocycles. The number of nitrogens with zero attached hydrogens (tertiary/aromatic N) is 2. The van der Waals surface area contributed by atoms with E-state index in [0.29, 0.717) is 19.5 Å². The highest BCUT2D eigenvalue weighted by Gasteiger charge is 2.36. The van der Waals surface area contributed by atoms with Crippen LogP contribution in [-0.4, -0.2) is 48.6 Å². The number of rotatable bonds is 4. The average Bonchev–Trinajstić information content (AvgIpc) is 3.08. The summed E-state index contributed by atoms with van der Waals surface area (Å²) in [4.78, 5) is 12.1. The minimum absolute atomic E-state index is 0.0389. The topological polar surface area (TPSA) is 92.4 Å². The number of ether oxygens (including phenoxy) is 1. The fourth-order valence-corrected chi connectivity index (χ4v) is 5.80. The molecule has 1 aliphatic heterocycles. The average molecular weight is 389 g/mol. The molecular formula is C19H23N3O4S. The maximum Gasteiger partial charge on any atom is 0.342 e. The molecule has 0 fully saturated rings. The van der Waals surface area contributed by atoms with Gasteiger partial charge in [0, 0.05) is 13.1 Å². The van der Waals surface area contributed by atoms with Crippen molar-refractivity contribution in [3.05, 3.63) is 46.6 Å². The summed E-state index contributed by atoms with van der Waals surface area (Å²) >= 11 is 0. The van der Waals surface area contributed by atoms with Gasteiger partial charge in [-0.05, 0) is 55.2 Å². The lowest BCUT2D eigenvalue weighted by atomic mass is 9.80. The molecule has 1 N–H and O–H groups in total. The molecule has 1 aromatic heterocycles. The summed E-state index contributed by atoms with van der Waals surface area (Å²) in [5.74, 6) is -0.487. The van der Waals surface area contributed by atoms with Gasteiger partial charge in [-0.3, -0.25) is 5.10 Å². The maximum atomic E-state index is 13.3. The highest BCUT2D eigenvalue weighted by Crippen LogP contribution is 2.38. The van der Waals surface area contributed by atoms with Crippen LogP contribution in [0.1, 0.15) is 52.7 Å². The number of H-pyrrole nitrogens is 1. The first-order chi connectivity index (χ1) is 13.0. The van der Waals surface area contributed by atoms with Crippen LogP contribution in [0.15, 0.2) is 29.4 Å². The van der Waals surface area contributed by atoms with Crippen molar-refractivity contribution in [1.82, 2.24) is 14.5 Å². The molecule has 2 aromatic rings. The zero-order valence-electron chi connectivity index (χ0n) is 15.3. The normalized spacial score (nSPS) is 20.0. The van der Waals surface area contributed by atoms with Crippen molar-refractivity contribution in [2.24, 2.45) is 0 Å².